The molecule has 1 aromatic heterocycles. The average molecular weight is 318 g/mol. The lowest BCUT2D eigenvalue weighted by atomic mass is 10.1. The molecule has 3 aromatic rings. The standard InChI is InChI=1S/C16H15FN2S2/c1-10(15(18)11-6-8-12(17)9-7-11)20-16-19-13-4-2-3-5-14(13)21-16/h2-10,15H,18H2,1H3. The number of hydrogen-bond donors (Lipinski definition) is 1. The molecule has 0 saturated heterocycles. The van der Waals surface area contributed by atoms with Crippen molar-refractivity contribution >= 4 is 33.3 Å². The van der Waals surface area contributed by atoms with Crippen LogP contribution in [0.3, 0.4) is 0 Å². The number of nitrogens with two attached hydrogens (primary N) is 1. The van der Waals surface area contributed by atoms with Crippen molar-refractivity contribution in [1.82, 2.24) is 4.98 Å². The van der Waals surface area contributed by atoms with Crippen LogP contribution in [0.15, 0.2) is 52.9 Å². The first kappa shape index (κ1) is 14.5. The summed E-state index contributed by atoms with van der Waals surface area (Å²) in [5, 5.41) is 0.163. The Bertz CT molecular complexity index is 706. The van der Waals surface area contributed by atoms with E-state index in [0.29, 0.717) is 0 Å². The molecule has 5 heteroatoms. The highest BCUT2D eigenvalue weighted by atomic mass is 32.2. The smallest absolute Gasteiger partial charge is 0.151 e. The zero-order valence-corrected chi connectivity index (χ0v) is 13.1. The van der Waals surface area contributed by atoms with Gasteiger partial charge in [-0.1, -0.05) is 43.0 Å². The molecule has 0 aliphatic heterocycles. The second kappa shape index (κ2) is 6.13. The Morgan fingerprint density at radius 2 is 1.86 bits per heavy atom. The highest BCUT2D eigenvalue weighted by Crippen LogP contribution is 2.35. The first-order chi connectivity index (χ1) is 10.1. The largest absolute Gasteiger partial charge is 0.323 e. The van der Waals surface area contributed by atoms with Gasteiger partial charge in [0.25, 0.3) is 0 Å². The minimum absolute atomic E-state index is 0.150. The van der Waals surface area contributed by atoms with Crippen LogP contribution in [-0.4, -0.2) is 10.2 Å². The summed E-state index contributed by atoms with van der Waals surface area (Å²) in [7, 11) is 0. The van der Waals surface area contributed by atoms with E-state index in [1.165, 1.54) is 16.8 Å². The van der Waals surface area contributed by atoms with E-state index in [1.54, 1.807) is 35.2 Å². The highest BCUT2D eigenvalue weighted by Gasteiger charge is 2.18. The van der Waals surface area contributed by atoms with E-state index in [9.17, 15) is 4.39 Å². The summed E-state index contributed by atoms with van der Waals surface area (Å²) in [5.41, 5.74) is 8.23. The molecule has 2 aromatic carbocycles. The van der Waals surface area contributed by atoms with Crippen LogP contribution in [0.2, 0.25) is 0 Å². The average Bonchev–Trinajstić information content (AvgIpc) is 2.89. The lowest BCUT2D eigenvalue weighted by Crippen LogP contribution is -2.20. The van der Waals surface area contributed by atoms with Gasteiger partial charge < -0.3 is 5.73 Å². The van der Waals surface area contributed by atoms with Crippen LogP contribution in [0.1, 0.15) is 18.5 Å². The minimum Gasteiger partial charge on any atom is -0.323 e. The van der Waals surface area contributed by atoms with E-state index in [0.717, 1.165) is 15.4 Å². The first-order valence-corrected chi connectivity index (χ1v) is 8.36. The number of nitrogens with zero attached hydrogens (tertiary/aromatic N) is 1. The lowest BCUT2D eigenvalue weighted by Gasteiger charge is -2.18. The number of benzene rings is 2. The number of thiazole rings is 1. The Morgan fingerprint density at radius 3 is 2.57 bits per heavy atom. The molecule has 2 N–H and O–H groups in total. The molecule has 108 valence electrons. The van der Waals surface area contributed by atoms with E-state index < -0.39 is 0 Å². The van der Waals surface area contributed by atoms with Crippen molar-refractivity contribution in [2.75, 3.05) is 0 Å². The molecule has 3 rings (SSSR count). The van der Waals surface area contributed by atoms with Gasteiger partial charge in [0.2, 0.25) is 0 Å². The van der Waals surface area contributed by atoms with Gasteiger partial charge in [-0.2, -0.15) is 0 Å². The Kier molecular flexibility index (Phi) is 4.24. The third-order valence-electron chi connectivity index (χ3n) is 3.32. The monoisotopic (exact) mass is 318 g/mol. The minimum atomic E-state index is -0.238. The van der Waals surface area contributed by atoms with Crippen LogP contribution in [0.5, 0.6) is 0 Å². The molecular formula is C16H15FN2S2. The Labute approximate surface area is 131 Å². The van der Waals surface area contributed by atoms with E-state index in [-0.39, 0.29) is 17.1 Å². The van der Waals surface area contributed by atoms with Gasteiger partial charge in [-0.05, 0) is 29.8 Å². The van der Waals surface area contributed by atoms with Gasteiger partial charge >= 0.3 is 0 Å². The maximum atomic E-state index is 13.0. The maximum absolute atomic E-state index is 13.0. The molecule has 21 heavy (non-hydrogen) atoms. The number of para-hydroxylation sites is 1. The van der Waals surface area contributed by atoms with Gasteiger partial charge in [-0.25, -0.2) is 9.37 Å². The third-order valence-corrected chi connectivity index (χ3v) is 5.65. The Morgan fingerprint density at radius 1 is 1.14 bits per heavy atom. The molecule has 0 aliphatic rings. The van der Waals surface area contributed by atoms with Gasteiger partial charge in [0.15, 0.2) is 4.34 Å². The molecular weight excluding hydrogens is 303 g/mol. The van der Waals surface area contributed by atoms with Crippen molar-refractivity contribution in [3.8, 4) is 0 Å². The van der Waals surface area contributed by atoms with Crippen LogP contribution < -0.4 is 5.73 Å². The third kappa shape index (κ3) is 3.26. The van der Waals surface area contributed by atoms with Gasteiger partial charge in [0, 0.05) is 11.3 Å². The van der Waals surface area contributed by atoms with Crippen molar-refractivity contribution in [3.05, 3.63) is 59.9 Å². The zero-order valence-electron chi connectivity index (χ0n) is 11.5. The van der Waals surface area contributed by atoms with Crippen molar-refractivity contribution in [2.45, 2.75) is 22.6 Å². The molecule has 0 aliphatic carbocycles. The molecule has 2 nitrogen and oxygen atoms in total. The molecule has 0 saturated carbocycles. The number of rotatable bonds is 4. The fraction of sp³-hybridized carbons (Fsp3) is 0.188. The number of halogens is 1. The highest BCUT2D eigenvalue weighted by molar-refractivity contribution is 8.01. The number of fused-ring (bicyclic) bond motifs is 1. The summed E-state index contributed by atoms with van der Waals surface area (Å²) in [5.74, 6) is -0.238. The summed E-state index contributed by atoms with van der Waals surface area (Å²) in [4.78, 5) is 4.61. The van der Waals surface area contributed by atoms with Crippen molar-refractivity contribution < 1.29 is 4.39 Å². The van der Waals surface area contributed by atoms with Crippen LogP contribution in [0, 0.1) is 5.82 Å². The fourth-order valence-corrected chi connectivity index (χ4v) is 4.48. The van der Waals surface area contributed by atoms with Gasteiger partial charge in [-0.15, -0.1) is 11.3 Å². The molecule has 0 amide bonds. The molecule has 0 radical (unpaired) electrons. The zero-order chi connectivity index (χ0) is 14.8. The normalized spacial score (nSPS) is 14.2. The second-order valence-electron chi connectivity index (χ2n) is 4.85. The van der Waals surface area contributed by atoms with Gasteiger partial charge in [0.1, 0.15) is 5.82 Å². The van der Waals surface area contributed by atoms with Gasteiger partial charge in [0.05, 0.1) is 10.2 Å². The van der Waals surface area contributed by atoms with Gasteiger partial charge in [-0.3, -0.25) is 0 Å². The SMILES string of the molecule is CC(Sc1nc2ccccc2s1)C(N)c1ccc(F)cc1. The summed E-state index contributed by atoms with van der Waals surface area (Å²) in [6, 6.07) is 14.3. The molecule has 2 atom stereocenters. The second-order valence-corrected chi connectivity index (χ2v) is 7.50. The van der Waals surface area contributed by atoms with Crippen LogP contribution in [-0.2, 0) is 0 Å². The van der Waals surface area contributed by atoms with Crippen molar-refractivity contribution in [1.29, 1.82) is 0 Å². The van der Waals surface area contributed by atoms with E-state index in [2.05, 4.69) is 18.0 Å². The maximum Gasteiger partial charge on any atom is 0.151 e. The predicted octanol–water partition coefficient (Wildman–Crippen LogP) is 4.62. The van der Waals surface area contributed by atoms with Crippen LogP contribution in [0.4, 0.5) is 4.39 Å². The van der Waals surface area contributed by atoms with Crippen molar-refractivity contribution in [3.63, 3.8) is 0 Å². The topological polar surface area (TPSA) is 38.9 Å². The fourth-order valence-electron chi connectivity index (χ4n) is 2.09. The Hall–Kier alpha value is -1.43. The summed E-state index contributed by atoms with van der Waals surface area (Å²) >= 11 is 3.34. The summed E-state index contributed by atoms with van der Waals surface area (Å²) < 4.78 is 15.2. The van der Waals surface area contributed by atoms with E-state index in [1.807, 2.05) is 18.2 Å². The number of aromatic nitrogens is 1. The number of hydrogen-bond acceptors (Lipinski definition) is 4. The van der Waals surface area contributed by atoms with Crippen molar-refractivity contribution in [2.24, 2.45) is 5.73 Å². The summed E-state index contributed by atoms with van der Waals surface area (Å²) in [6.07, 6.45) is 0. The quantitative estimate of drug-likeness (QED) is 0.714. The Balaban J connectivity index is 1.75. The molecule has 0 fully saturated rings. The van der Waals surface area contributed by atoms with E-state index >= 15 is 0 Å². The summed E-state index contributed by atoms with van der Waals surface area (Å²) in [6.45, 7) is 2.07. The molecule has 1 heterocycles. The molecule has 0 spiro atoms. The molecule has 0 bridgehead atoms. The van der Waals surface area contributed by atoms with E-state index in [4.69, 9.17) is 5.73 Å². The molecule has 2 unspecified atom stereocenters. The predicted molar refractivity (Wildman–Crippen MR) is 88.3 cm³/mol. The number of thioether (sulfide) groups is 1. The lowest BCUT2D eigenvalue weighted by molar-refractivity contribution is 0.624. The van der Waals surface area contributed by atoms with Crippen LogP contribution >= 0.6 is 23.1 Å². The first-order valence-electron chi connectivity index (χ1n) is 6.67. The van der Waals surface area contributed by atoms with Crippen LogP contribution in [0.25, 0.3) is 10.2 Å².